The molecule has 2 heterocycles. The van der Waals surface area contributed by atoms with E-state index in [0.717, 1.165) is 5.92 Å². The molecule has 1 aliphatic heterocycles. The normalized spacial score (nSPS) is 20.2. The summed E-state index contributed by atoms with van der Waals surface area (Å²) in [4.78, 5) is 2.54. The molecule has 2 rings (SSSR count). The standard InChI is InChI=1S/C14H26N4/c1-4-12-5-7-18(8-6-12)14(9-15)13-10-16-17(3)11(13)2/h10,12,14H,4-9,15H2,1-3H3. The fourth-order valence-electron chi connectivity index (χ4n) is 2.99. The molecular formula is C14H26N4. The summed E-state index contributed by atoms with van der Waals surface area (Å²) in [7, 11) is 2.00. The maximum atomic E-state index is 6.00. The van der Waals surface area contributed by atoms with Gasteiger partial charge in [0, 0.05) is 24.8 Å². The highest BCUT2D eigenvalue weighted by atomic mass is 15.3. The highest BCUT2D eigenvalue weighted by Gasteiger charge is 2.26. The summed E-state index contributed by atoms with van der Waals surface area (Å²) < 4.78 is 1.94. The van der Waals surface area contributed by atoms with E-state index >= 15 is 0 Å². The summed E-state index contributed by atoms with van der Waals surface area (Å²) in [6.07, 6.45) is 5.92. The number of aromatic nitrogens is 2. The SMILES string of the molecule is CCC1CCN(C(CN)c2cnn(C)c2C)CC1. The Morgan fingerprint density at radius 1 is 1.44 bits per heavy atom. The van der Waals surface area contributed by atoms with Gasteiger partial charge >= 0.3 is 0 Å². The molecule has 1 atom stereocenters. The first-order valence-electron chi connectivity index (χ1n) is 7.10. The van der Waals surface area contributed by atoms with Crippen molar-refractivity contribution in [2.45, 2.75) is 39.2 Å². The molecule has 0 bridgehead atoms. The number of aryl methyl sites for hydroxylation is 1. The Balaban J connectivity index is 2.08. The molecule has 0 aromatic carbocycles. The van der Waals surface area contributed by atoms with Crippen LogP contribution < -0.4 is 5.73 Å². The van der Waals surface area contributed by atoms with Crippen LogP contribution in [-0.2, 0) is 7.05 Å². The lowest BCUT2D eigenvalue weighted by Crippen LogP contribution is -2.39. The molecule has 102 valence electrons. The van der Waals surface area contributed by atoms with Crippen molar-refractivity contribution in [1.82, 2.24) is 14.7 Å². The van der Waals surface area contributed by atoms with E-state index in [0.29, 0.717) is 12.6 Å². The van der Waals surface area contributed by atoms with Crippen molar-refractivity contribution >= 4 is 0 Å². The Kier molecular flexibility index (Phi) is 4.40. The molecule has 1 aromatic heterocycles. The van der Waals surface area contributed by atoms with E-state index in [-0.39, 0.29) is 0 Å². The quantitative estimate of drug-likeness (QED) is 0.887. The van der Waals surface area contributed by atoms with Crippen molar-refractivity contribution in [2.24, 2.45) is 18.7 Å². The van der Waals surface area contributed by atoms with Gasteiger partial charge in [-0.1, -0.05) is 13.3 Å². The molecular weight excluding hydrogens is 224 g/mol. The van der Waals surface area contributed by atoms with E-state index in [4.69, 9.17) is 5.73 Å². The van der Waals surface area contributed by atoms with Crippen molar-refractivity contribution in [3.05, 3.63) is 17.5 Å². The lowest BCUT2D eigenvalue weighted by atomic mass is 9.92. The Bertz CT molecular complexity index is 377. The van der Waals surface area contributed by atoms with Gasteiger partial charge < -0.3 is 5.73 Å². The first kappa shape index (κ1) is 13.6. The van der Waals surface area contributed by atoms with Gasteiger partial charge in [0.25, 0.3) is 0 Å². The highest BCUT2D eigenvalue weighted by Crippen LogP contribution is 2.28. The number of likely N-dealkylation sites (tertiary alicyclic amines) is 1. The number of rotatable bonds is 4. The first-order chi connectivity index (χ1) is 8.67. The second-order valence-corrected chi connectivity index (χ2v) is 5.45. The van der Waals surface area contributed by atoms with E-state index in [2.05, 4.69) is 23.8 Å². The largest absolute Gasteiger partial charge is 0.329 e. The van der Waals surface area contributed by atoms with Crippen molar-refractivity contribution in [1.29, 1.82) is 0 Å². The van der Waals surface area contributed by atoms with E-state index in [1.165, 1.54) is 43.6 Å². The van der Waals surface area contributed by atoms with E-state index in [1.807, 2.05) is 17.9 Å². The van der Waals surface area contributed by atoms with Crippen molar-refractivity contribution in [3.63, 3.8) is 0 Å². The topological polar surface area (TPSA) is 47.1 Å². The fraction of sp³-hybridized carbons (Fsp3) is 0.786. The summed E-state index contributed by atoms with van der Waals surface area (Å²) in [6.45, 7) is 7.46. The summed E-state index contributed by atoms with van der Waals surface area (Å²) >= 11 is 0. The second-order valence-electron chi connectivity index (χ2n) is 5.45. The van der Waals surface area contributed by atoms with Crippen LogP contribution in [0.15, 0.2) is 6.20 Å². The van der Waals surface area contributed by atoms with Crippen molar-refractivity contribution < 1.29 is 0 Å². The van der Waals surface area contributed by atoms with Crippen LogP contribution >= 0.6 is 0 Å². The van der Waals surface area contributed by atoms with Gasteiger partial charge in [-0.3, -0.25) is 9.58 Å². The van der Waals surface area contributed by atoms with Crippen molar-refractivity contribution in [3.8, 4) is 0 Å². The third kappa shape index (κ3) is 2.59. The average molecular weight is 250 g/mol. The Labute approximate surface area is 110 Å². The molecule has 0 radical (unpaired) electrons. The molecule has 0 amide bonds. The van der Waals surface area contributed by atoms with Crippen LogP contribution in [0.5, 0.6) is 0 Å². The van der Waals surface area contributed by atoms with Gasteiger partial charge in [-0.15, -0.1) is 0 Å². The van der Waals surface area contributed by atoms with Gasteiger partial charge in [-0.25, -0.2) is 0 Å². The maximum Gasteiger partial charge on any atom is 0.0540 e. The van der Waals surface area contributed by atoms with Gasteiger partial charge in [-0.2, -0.15) is 5.10 Å². The smallest absolute Gasteiger partial charge is 0.0540 e. The molecule has 1 saturated heterocycles. The van der Waals surface area contributed by atoms with Gasteiger partial charge in [0.1, 0.15) is 0 Å². The summed E-state index contributed by atoms with van der Waals surface area (Å²) in [6, 6.07) is 0.344. The Hall–Kier alpha value is -0.870. The molecule has 18 heavy (non-hydrogen) atoms. The lowest BCUT2D eigenvalue weighted by molar-refractivity contribution is 0.133. The van der Waals surface area contributed by atoms with Gasteiger partial charge in [0.15, 0.2) is 0 Å². The van der Waals surface area contributed by atoms with Crippen molar-refractivity contribution in [2.75, 3.05) is 19.6 Å². The van der Waals surface area contributed by atoms with Crippen LogP contribution in [0.25, 0.3) is 0 Å². The summed E-state index contributed by atoms with van der Waals surface area (Å²) in [5.41, 5.74) is 8.54. The molecule has 1 aromatic rings. The first-order valence-corrected chi connectivity index (χ1v) is 7.10. The fourth-order valence-corrected chi connectivity index (χ4v) is 2.99. The second kappa shape index (κ2) is 5.85. The molecule has 4 heteroatoms. The summed E-state index contributed by atoms with van der Waals surface area (Å²) in [5, 5.41) is 4.35. The predicted octanol–water partition coefficient (Wildman–Crippen LogP) is 1.85. The molecule has 1 unspecified atom stereocenters. The maximum absolute atomic E-state index is 6.00. The van der Waals surface area contributed by atoms with Gasteiger partial charge in [0.2, 0.25) is 0 Å². The zero-order valence-corrected chi connectivity index (χ0v) is 11.9. The molecule has 0 aliphatic carbocycles. The van der Waals surface area contributed by atoms with E-state index in [9.17, 15) is 0 Å². The van der Waals surface area contributed by atoms with Crippen LogP contribution in [0.1, 0.15) is 43.5 Å². The minimum Gasteiger partial charge on any atom is -0.329 e. The van der Waals surface area contributed by atoms with Crippen LogP contribution in [-0.4, -0.2) is 34.3 Å². The minimum atomic E-state index is 0.344. The summed E-state index contributed by atoms with van der Waals surface area (Å²) in [5.74, 6) is 0.912. The molecule has 0 spiro atoms. The minimum absolute atomic E-state index is 0.344. The van der Waals surface area contributed by atoms with Gasteiger partial charge in [0.05, 0.1) is 12.2 Å². The number of piperidine rings is 1. The van der Waals surface area contributed by atoms with Crippen LogP contribution in [0, 0.1) is 12.8 Å². The van der Waals surface area contributed by atoms with Crippen LogP contribution in [0.4, 0.5) is 0 Å². The number of nitrogens with zero attached hydrogens (tertiary/aromatic N) is 3. The Morgan fingerprint density at radius 2 is 2.11 bits per heavy atom. The molecule has 0 saturated carbocycles. The van der Waals surface area contributed by atoms with E-state index < -0.39 is 0 Å². The van der Waals surface area contributed by atoms with Crippen LogP contribution in [0.2, 0.25) is 0 Å². The molecule has 4 nitrogen and oxygen atoms in total. The predicted molar refractivity (Wildman–Crippen MR) is 74.3 cm³/mol. The number of nitrogens with two attached hydrogens (primary N) is 1. The van der Waals surface area contributed by atoms with E-state index in [1.54, 1.807) is 0 Å². The average Bonchev–Trinajstić information content (AvgIpc) is 2.73. The lowest BCUT2D eigenvalue weighted by Gasteiger charge is -2.37. The highest BCUT2D eigenvalue weighted by molar-refractivity contribution is 5.21. The Morgan fingerprint density at radius 3 is 2.56 bits per heavy atom. The third-order valence-electron chi connectivity index (χ3n) is 4.52. The third-order valence-corrected chi connectivity index (χ3v) is 4.52. The molecule has 2 N–H and O–H groups in total. The monoisotopic (exact) mass is 250 g/mol. The van der Waals surface area contributed by atoms with Crippen LogP contribution in [0.3, 0.4) is 0 Å². The number of hydrogen-bond acceptors (Lipinski definition) is 3. The zero-order chi connectivity index (χ0) is 13.1. The molecule has 1 fully saturated rings. The van der Waals surface area contributed by atoms with Gasteiger partial charge in [-0.05, 0) is 38.8 Å². The molecule has 1 aliphatic rings. The zero-order valence-electron chi connectivity index (χ0n) is 11.9. The number of hydrogen-bond donors (Lipinski definition) is 1.